The molecule has 20 heavy (non-hydrogen) atoms. The van der Waals surface area contributed by atoms with Gasteiger partial charge in [-0.1, -0.05) is 30.4 Å². The van der Waals surface area contributed by atoms with E-state index in [0.717, 1.165) is 12.0 Å². The van der Waals surface area contributed by atoms with Gasteiger partial charge < -0.3 is 9.64 Å². The zero-order chi connectivity index (χ0) is 14.9. The molecule has 0 N–H and O–H groups in total. The molecule has 0 aliphatic carbocycles. The van der Waals surface area contributed by atoms with Gasteiger partial charge in [-0.25, -0.2) is 4.79 Å². The molecule has 1 aliphatic heterocycles. The normalized spacial score (nSPS) is 14.7. The predicted octanol–water partition coefficient (Wildman–Crippen LogP) is 4.01. The fourth-order valence-corrected chi connectivity index (χ4v) is 2.30. The molecule has 0 unspecified atom stereocenters. The molecule has 0 radical (unpaired) electrons. The van der Waals surface area contributed by atoms with Crippen molar-refractivity contribution in [1.29, 1.82) is 0 Å². The van der Waals surface area contributed by atoms with Crippen LogP contribution in [0.4, 0.5) is 4.79 Å². The van der Waals surface area contributed by atoms with Gasteiger partial charge in [-0.3, -0.25) is 0 Å². The molecule has 2 rings (SSSR count). The molecule has 0 saturated heterocycles. The summed E-state index contributed by atoms with van der Waals surface area (Å²) in [5.41, 5.74) is 4.32. The standard InChI is InChI=1S/C17H23NO2/c1-12(2)13-6-7-15-11-18(9-8-14(15)10-13)16(19)20-17(3,4)5/h6-7,10H,1,8-9,11H2,2-5H3. The lowest BCUT2D eigenvalue weighted by molar-refractivity contribution is 0.0224. The Morgan fingerprint density at radius 1 is 1.30 bits per heavy atom. The summed E-state index contributed by atoms with van der Waals surface area (Å²) in [6, 6.07) is 6.35. The third-order valence-corrected chi connectivity index (χ3v) is 3.36. The molecular formula is C17H23NO2. The molecule has 3 nitrogen and oxygen atoms in total. The van der Waals surface area contributed by atoms with Crippen LogP contribution in [0.5, 0.6) is 0 Å². The predicted molar refractivity (Wildman–Crippen MR) is 81.5 cm³/mol. The Morgan fingerprint density at radius 3 is 2.60 bits per heavy atom. The summed E-state index contributed by atoms with van der Waals surface area (Å²) < 4.78 is 5.43. The van der Waals surface area contributed by atoms with Crippen LogP contribution < -0.4 is 0 Å². The van der Waals surface area contributed by atoms with Crippen LogP contribution in [0.25, 0.3) is 5.57 Å². The van der Waals surface area contributed by atoms with Crippen molar-refractivity contribution in [1.82, 2.24) is 4.90 Å². The van der Waals surface area contributed by atoms with Crippen molar-refractivity contribution in [3.63, 3.8) is 0 Å². The maximum atomic E-state index is 12.1. The minimum atomic E-state index is -0.443. The van der Waals surface area contributed by atoms with Gasteiger partial charge >= 0.3 is 6.09 Å². The van der Waals surface area contributed by atoms with Crippen molar-refractivity contribution in [3.05, 3.63) is 41.5 Å². The Hall–Kier alpha value is -1.77. The third-order valence-electron chi connectivity index (χ3n) is 3.36. The smallest absolute Gasteiger partial charge is 0.410 e. The summed E-state index contributed by atoms with van der Waals surface area (Å²) in [6.45, 7) is 13.0. The Balaban J connectivity index is 2.12. The molecule has 108 valence electrons. The SMILES string of the molecule is C=C(C)c1ccc2c(c1)CCN(C(=O)OC(C)(C)C)C2. The first-order valence-corrected chi connectivity index (χ1v) is 7.02. The molecule has 1 amide bonds. The van der Waals surface area contributed by atoms with Crippen LogP contribution in [0, 0.1) is 0 Å². The molecular weight excluding hydrogens is 250 g/mol. The van der Waals surface area contributed by atoms with Crippen LogP contribution in [-0.4, -0.2) is 23.1 Å². The van der Waals surface area contributed by atoms with Gasteiger partial charge in [-0.05, 0) is 50.8 Å². The van der Waals surface area contributed by atoms with Crippen LogP contribution in [0.1, 0.15) is 44.4 Å². The highest BCUT2D eigenvalue weighted by atomic mass is 16.6. The third kappa shape index (κ3) is 3.41. The Bertz CT molecular complexity index is 540. The van der Waals surface area contributed by atoms with Gasteiger partial charge in [0.15, 0.2) is 0 Å². The first-order chi connectivity index (χ1) is 9.26. The molecule has 3 heteroatoms. The molecule has 1 heterocycles. The molecule has 0 fully saturated rings. The van der Waals surface area contributed by atoms with Crippen molar-refractivity contribution in [2.75, 3.05) is 6.54 Å². The molecule has 0 atom stereocenters. The number of ether oxygens (including phenoxy) is 1. The monoisotopic (exact) mass is 273 g/mol. The largest absolute Gasteiger partial charge is 0.444 e. The number of carbonyl (C=O) groups is 1. The zero-order valence-electron chi connectivity index (χ0n) is 12.8. The maximum Gasteiger partial charge on any atom is 0.410 e. The van der Waals surface area contributed by atoms with E-state index < -0.39 is 5.60 Å². The quantitative estimate of drug-likeness (QED) is 0.773. The van der Waals surface area contributed by atoms with Gasteiger partial charge in [-0.2, -0.15) is 0 Å². The summed E-state index contributed by atoms with van der Waals surface area (Å²) in [4.78, 5) is 13.9. The Morgan fingerprint density at radius 2 is 2.00 bits per heavy atom. The van der Waals surface area contributed by atoms with Crippen LogP contribution in [0.3, 0.4) is 0 Å². The second kappa shape index (κ2) is 5.31. The van der Waals surface area contributed by atoms with Crippen molar-refractivity contribution in [2.45, 2.75) is 46.3 Å². The summed E-state index contributed by atoms with van der Waals surface area (Å²) in [7, 11) is 0. The minimum absolute atomic E-state index is 0.230. The summed E-state index contributed by atoms with van der Waals surface area (Å²) >= 11 is 0. The first kappa shape index (κ1) is 14.6. The number of benzene rings is 1. The van der Waals surface area contributed by atoms with E-state index in [0.29, 0.717) is 13.1 Å². The van der Waals surface area contributed by atoms with Gasteiger partial charge in [-0.15, -0.1) is 0 Å². The maximum absolute atomic E-state index is 12.1. The van der Waals surface area contributed by atoms with E-state index in [1.165, 1.54) is 16.7 Å². The highest BCUT2D eigenvalue weighted by molar-refractivity contribution is 5.69. The second-order valence-corrected chi connectivity index (χ2v) is 6.42. The average molecular weight is 273 g/mol. The van der Waals surface area contributed by atoms with Crippen LogP contribution in [0.15, 0.2) is 24.8 Å². The number of rotatable bonds is 1. The van der Waals surface area contributed by atoms with Crippen molar-refractivity contribution < 1.29 is 9.53 Å². The lowest BCUT2D eigenvalue weighted by Crippen LogP contribution is -2.39. The van der Waals surface area contributed by atoms with E-state index in [1.54, 1.807) is 4.90 Å². The van der Waals surface area contributed by atoms with E-state index in [9.17, 15) is 4.79 Å². The van der Waals surface area contributed by atoms with Crippen molar-refractivity contribution in [2.24, 2.45) is 0 Å². The van der Waals surface area contributed by atoms with E-state index >= 15 is 0 Å². The van der Waals surface area contributed by atoms with E-state index in [4.69, 9.17) is 4.74 Å². The zero-order valence-corrected chi connectivity index (χ0v) is 12.8. The molecule has 0 saturated carbocycles. The van der Waals surface area contributed by atoms with Crippen LogP contribution >= 0.6 is 0 Å². The van der Waals surface area contributed by atoms with E-state index in [1.807, 2.05) is 27.7 Å². The summed E-state index contributed by atoms with van der Waals surface area (Å²) in [5, 5.41) is 0. The van der Waals surface area contributed by atoms with Gasteiger partial charge in [0, 0.05) is 13.1 Å². The number of carbonyl (C=O) groups excluding carboxylic acids is 1. The molecule has 1 aromatic carbocycles. The molecule has 0 aromatic heterocycles. The average Bonchev–Trinajstić information content (AvgIpc) is 2.35. The lowest BCUT2D eigenvalue weighted by Gasteiger charge is -2.31. The van der Waals surface area contributed by atoms with Gasteiger partial charge in [0.2, 0.25) is 0 Å². The highest BCUT2D eigenvalue weighted by Crippen LogP contribution is 2.24. The number of fused-ring (bicyclic) bond motifs is 1. The first-order valence-electron chi connectivity index (χ1n) is 7.02. The molecule has 1 aliphatic rings. The van der Waals surface area contributed by atoms with Crippen molar-refractivity contribution in [3.8, 4) is 0 Å². The highest BCUT2D eigenvalue weighted by Gasteiger charge is 2.25. The number of allylic oxidation sites excluding steroid dienone is 1. The van der Waals surface area contributed by atoms with Crippen LogP contribution in [0.2, 0.25) is 0 Å². The second-order valence-electron chi connectivity index (χ2n) is 6.42. The topological polar surface area (TPSA) is 29.5 Å². The molecule has 0 bridgehead atoms. The Kier molecular flexibility index (Phi) is 3.89. The van der Waals surface area contributed by atoms with Gasteiger partial charge in [0.25, 0.3) is 0 Å². The molecule has 1 aromatic rings. The minimum Gasteiger partial charge on any atom is -0.444 e. The number of hydrogen-bond acceptors (Lipinski definition) is 2. The summed E-state index contributed by atoms with van der Waals surface area (Å²) in [6.07, 6.45) is 0.641. The van der Waals surface area contributed by atoms with Crippen LogP contribution in [-0.2, 0) is 17.7 Å². The fraction of sp³-hybridized carbons (Fsp3) is 0.471. The number of nitrogens with zero attached hydrogens (tertiary/aromatic N) is 1. The van der Waals surface area contributed by atoms with Crippen molar-refractivity contribution >= 4 is 11.7 Å². The lowest BCUT2D eigenvalue weighted by atomic mass is 9.95. The molecule has 0 spiro atoms. The van der Waals surface area contributed by atoms with Gasteiger partial charge in [0.05, 0.1) is 0 Å². The number of hydrogen-bond donors (Lipinski definition) is 0. The van der Waals surface area contributed by atoms with E-state index in [-0.39, 0.29) is 6.09 Å². The summed E-state index contributed by atoms with van der Waals surface area (Å²) in [5.74, 6) is 0. The van der Waals surface area contributed by atoms with Gasteiger partial charge in [0.1, 0.15) is 5.60 Å². The fourth-order valence-electron chi connectivity index (χ4n) is 2.30. The Labute approximate surface area is 121 Å². The van der Waals surface area contributed by atoms with E-state index in [2.05, 4.69) is 24.8 Å². The number of amides is 1.